The summed E-state index contributed by atoms with van der Waals surface area (Å²) in [4.78, 5) is 10.4. The Bertz CT molecular complexity index is 1530. The van der Waals surface area contributed by atoms with E-state index in [-0.39, 0.29) is 12.3 Å². The van der Waals surface area contributed by atoms with Gasteiger partial charge in [-0.3, -0.25) is 10.1 Å². The minimum absolute atomic E-state index is 0.0324. The molecule has 196 valence electrons. The van der Waals surface area contributed by atoms with E-state index in [1.165, 1.54) is 12.1 Å². The Morgan fingerprint density at radius 2 is 1.56 bits per heavy atom. The van der Waals surface area contributed by atoms with Crippen LogP contribution >= 0.6 is 31.9 Å². The molecule has 0 bridgehead atoms. The van der Waals surface area contributed by atoms with Crippen LogP contribution in [0.4, 0.5) is 5.69 Å². The van der Waals surface area contributed by atoms with Crippen LogP contribution in [0.15, 0.2) is 93.9 Å². The summed E-state index contributed by atoms with van der Waals surface area (Å²) in [5.41, 5.74) is 3.63. The molecule has 4 aromatic rings. The molecule has 0 N–H and O–H groups in total. The highest BCUT2D eigenvalue weighted by atomic mass is 79.9. The number of ether oxygens (including phenoxy) is 3. The number of rotatable bonds is 10. The zero-order chi connectivity index (χ0) is 27.8. The fourth-order valence-electron chi connectivity index (χ4n) is 3.72. The Morgan fingerprint density at radius 3 is 2.18 bits per heavy atom. The first-order chi connectivity index (χ1) is 18.9. The van der Waals surface area contributed by atoms with Crippen molar-refractivity contribution < 1.29 is 19.1 Å². The average molecular weight is 650 g/mol. The van der Waals surface area contributed by atoms with Gasteiger partial charge < -0.3 is 14.2 Å². The number of halogens is 2. The van der Waals surface area contributed by atoms with Crippen molar-refractivity contribution in [3.8, 4) is 23.3 Å². The molecule has 4 rings (SSSR count). The second-order valence-corrected chi connectivity index (χ2v) is 10.0. The average Bonchev–Trinajstić information content (AvgIpc) is 2.95. The molecule has 0 fully saturated rings. The standard InChI is InChI=1S/C30H22Br2N2O5/c1-37-29-16-21(7-12-28(29)38-18-20-5-3-2-4-6-20)19-39-30-26(31)14-22(15-27(30)32)13-24(17-33)23-8-10-25(11-9-23)34(35)36/h2-16H,18-19H2,1H3/b24-13+. The van der Waals surface area contributed by atoms with Crippen LogP contribution in [-0.4, -0.2) is 12.0 Å². The highest BCUT2D eigenvalue weighted by molar-refractivity contribution is 9.11. The Morgan fingerprint density at radius 1 is 0.897 bits per heavy atom. The molecule has 4 aromatic carbocycles. The van der Waals surface area contributed by atoms with E-state index >= 15 is 0 Å². The number of nitrogens with zero attached hydrogens (tertiary/aromatic N) is 2. The third-order valence-corrected chi connectivity index (χ3v) is 6.87. The predicted molar refractivity (Wildman–Crippen MR) is 157 cm³/mol. The van der Waals surface area contributed by atoms with Gasteiger partial charge in [-0.1, -0.05) is 36.4 Å². The third kappa shape index (κ3) is 7.25. The van der Waals surface area contributed by atoms with E-state index in [4.69, 9.17) is 14.2 Å². The van der Waals surface area contributed by atoms with Crippen molar-refractivity contribution in [1.29, 1.82) is 5.26 Å². The van der Waals surface area contributed by atoms with Gasteiger partial charge in [-0.2, -0.15) is 5.26 Å². The second kappa shape index (κ2) is 13.1. The van der Waals surface area contributed by atoms with Crippen molar-refractivity contribution in [3.63, 3.8) is 0 Å². The maximum Gasteiger partial charge on any atom is 0.269 e. The molecule has 7 nitrogen and oxygen atoms in total. The van der Waals surface area contributed by atoms with Crippen molar-refractivity contribution in [3.05, 3.63) is 126 Å². The molecule has 0 unspecified atom stereocenters. The van der Waals surface area contributed by atoms with Crippen LogP contribution in [-0.2, 0) is 13.2 Å². The summed E-state index contributed by atoms with van der Waals surface area (Å²) in [6.07, 6.45) is 1.71. The molecule has 0 saturated carbocycles. The lowest BCUT2D eigenvalue weighted by atomic mass is 10.0. The van der Waals surface area contributed by atoms with Gasteiger partial charge in [-0.25, -0.2) is 0 Å². The summed E-state index contributed by atoms with van der Waals surface area (Å²) in [6, 6.07) is 27.3. The van der Waals surface area contributed by atoms with E-state index in [1.54, 1.807) is 25.3 Å². The number of benzene rings is 4. The molecule has 0 aliphatic rings. The van der Waals surface area contributed by atoms with E-state index in [1.807, 2.05) is 60.7 Å². The van der Waals surface area contributed by atoms with Crippen LogP contribution in [0.1, 0.15) is 22.3 Å². The van der Waals surface area contributed by atoms with Crippen LogP contribution in [0.2, 0.25) is 0 Å². The van der Waals surface area contributed by atoms with Crippen molar-refractivity contribution in [1.82, 2.24) is 0 Å². The smallest absolute Gasteiger partial charge is 0.269 e. The van der Waals surface area contributed by atoms with Gasteiger partial charge >= 0.3 is 0 Å². The lowest BCUT2D eigenvalue weighted by Gasteiger charge is -2.14. The van der Waals surface area contributed by atoms with Gasteiger partial charge in [-0.15, -0.1) is 0 Å². The fourth-order valence-corrected chi connectivity index (χ4v) is 5.17. The normalized spacial score (nSPS) is 11.0. The van der Waals surface area contributed by atoms with Gasteiger partial charge in [-0.05, 0) is 96.6 Å². The number of hydrogen-bond acceptors (Lipinski definition) is 6. The fraction of sp³-hybridized carbons (Fsp3) is 0.100. The van der Waals surface area contributed by atoms with E-state index < -0.39 is 4.92 Å². The second-order valence-electron chi connectivity index (χ2n) is 8.34. The van der Waals surface area contributed by atoms with Crippen LogP contribution < -0.4 is 14.2 Å². The summed E-state index contributed by atoms with van der Waals surface area (Å²) in [6.45, 7) is 0.722. The maximum atomic E-state index is 10.9. The molecule has 0 aliphatic heterocycles. The van der Waals surface area contributed by atoms with Crippen molar-refractivity contribution in [2.24, 2.45) is 0 Å². The molecule has 0 radical (unpaired) electrons. The molecule has 9 heteroatoms. The summed E-state index contributed by atoms with van der Waals surface area (Å²) < 4.78 is 18.9. The Labute approximate surface area is 242 Å². The summed E-state index contributed by atoms with van der Waals surface area (Å²) >= 11 is 7.12. The Kier molecular flexibility index (Phi) is 9.36. The van der Waals surface area contributed by atoms with Gasteiger partial charge in [0, 0.05) is 12.1 Å². The first-order valence-corrected chi connectivity index (χ1v) is 13.3. The molecule has 0 amide bonds. The molecular formula is C30H22Br2N2O5. The monoisotopic (exact) mass is 648 g/mol. The number of methoxy groups -OCH3 is 1. The van der Waals surface area contributed by atoms with Crippen LogP contribution in [0.3, 0.4) is 0 Å². The van der Waals surface area contributed by atoms with E-state index in [0.29, 0.717) is 43.9 Å². The SMILES string of the molecule is COc1cc(COc2c(Br)cc(/C=C(\C#N)c3ccc([N+](=O)[O-])cc3)cc2Br)ccc1OCc1ccccc1. The van der Waals surface area contributed by atoms with Crippen LogP contribution in [0.5, 0.6) is 17.2 Å². The van der Waals surface area contributed by atoms with Gasteiger partial charge in [0.1, 0.15) is 19.0 Å². The molecule has 0 aromatic heterocycles. The van der Waals surface area contributed by atoms with Gasteiger partial charge in [0.15, 0.2) is 11.5 Å². The Hall–Kier alpha value is -4.13. The summed E-state index contributed by atoms with van der Waals surface area (Å²) in [7, 11) is 1.60. The van der Waals surface area contributed by atoms with Crippen molar-refractivity contribution in [2.45, 2.75) is 13.2 Å². The van der Waals surface area contributed by atoms with E-state index in [2.05, 4.69) is 37.9 Å². The van der Waals surface area contributed by atoms with Crippen molar-refractivity contribution in [2.75, 3.05) is 7.11 Å². The lowest BCUT2D eigenvalue weighted by molar-refractivity contribution is -0.384. The molecule has 39 heavy (non-hydrogen) atoms. The van der Waals surface area contributed by atoms with Crippen LogP contribution in [0.25, 0.3) is 11.6 Å². The first kappa shape index (κ1) is 27.9. The lowest BCUT2D eigenvalue weighted by Crippen LogP contribution is -2.01. The summed E-state index contributed by atoms with van der Waals surface area (Å²) in [5.74, 6) is 1.86. The third-order valence-electron chi connectivity index (χ3n) is 5.69. The highest BCUT2D eigenvalue weighted by Gasteiger charge is 2.13. The largest absolute Gasteiger partial charge is 0.493 e. The van der Waals surface area contributed by atoms with Gasteiger partial charge in [0.2, 0.25) is 0 Å². The van der Waals surface area contributed by atoms with Crippen LogP contribution in [0, 0.1) is 21.4 Å². The molecule has 0 heterocycles. The molecule has 0 aliphatic carbocycles. The van der Waals surface area contributed by atoms with E-state index in [9.17, 15) is 15.4 Å². The maximum absolute atomic E-state index is 10.9. The van der Waals surface area contributed by atoms with E-state index in [0.717, 1.165) is 16.7 Å². The minimum Gasteiger partial charge on any atom is -0.493 e. The quantitative estimate of drug-likeness (QED) is 0.0742. The first-order valence-electron chi connectivity index (χ1n) is 11.7. The number of nitro groups is 1. The zero-order valence-corrected chi connectivity index (χ0v) is 23.9. The van der Waals surface area contributed by atoms with Crippen molar-refractivity contribution >= 4 is 49.2 Å². The Balaban J connectivity index is 1.46. The number of nitriles is 1. The highest BCUT2D eigenvalue weighted by Crippen LogP contribution is 2.37. The zero-order valence-electron chi connectivity index (χ0n) is 20.8. The molecule has 0 saturated heterocycles. The number of allylic oxidation sites excluding steroid dienone is 1. The number of non-ortho nitro benzene ring substituents is 1. The topological polar surface area (TPSA) is 94.6 Å². The number of nitro benzene ring substituents is 1. The molecular weight excluding hydrogens is 628 g/mol. The molecule has 0 atom stereocenters. The minimum atomic E-state index is -0.475. The van der Waals surface area contributed by atoms with Gasteiger partial charge in [0.25, 0.3) is 5.69 Å². The van der Waals surface area contributed by atoms with Gasteiger partial charge in [0.05, 0.1) is 32.6 Å². The molecule has 0 spiro atoms. The predicted octanol–water partition coefficient (Wildman–Crippen LogP) is 8.35. The summed E-state index contributed by atoms with van der Waals surface area (Å²) in [5, 5.41) is 20.6. The number of hydrogen-bond donors (Lipinski definition) is 0.